The van der Waals surface area contributed by atoms with Gasteiger partial charge in [-0.05, 0) is 36.6 Å². The third-order valence-electron chi connectivity index (χ3n) is 3.95. The zero-order valence-corrected chi connectivity index (χ0v) is 14.6. The average Bonchev–Trinajstić information content (AvgIpc) is 2.60. The van der Waals surface area contributed by atoms with Crippen molar-refractivity contribution in [1.29, 1.82) is 0 Å². The molecule has 25 heavy (non-hydrogen) atoms. The lowest BCUT2D eigenvalue weighted by molar-refractivity contribution is -0.384. The molecule has 0 bridgehead atoms. The number of benzene rings is 2. The standard InChI is InChI=1S/C17H14Cl2N2O4/c18-13-4-1-5-14(19)17(13)25-10-16(22)20-8-2-3-11-9-12(21(23)24)6-7-15(11)20/h1,4-7,9H,2-3,8,10H2. The van der Waals surface area contributed by atoms with Gasteiger partial charge in [0, 0.05) is 24.4 Å². The van der Waals surface area contributed by atoms with Gasteiger partial charge in [-0.3, -0.25) is 14.9 Å². The zero-order valence-electron chi connectivity index (χ0n) is 13.1. The fourth-order valence-electron chi connectivity index (χ4n) is 2.79. The van der Waals surface area contributed by atoms with Crippen LogP contribution in [-0.4, -0.2) is 24.0 Å². The first kappa shape index (κ1) is 17.5. The van der Waals surface area contributed by atoms with Gasteiger partial charge in [0.2, 0.25) is 0 Å². The van der Waals surface area contributed by atoms with E-state index in [4.69, 9.17) is 27.9 Å². The van der Waals surface area contributed by atoms with Crippen molar-refractivity contribution in [3.05, 3.63) is 62.1 Å². The zero-order chi connectivity index (χ0) is 18.0. The molecule has 8 heteroatoms. The van der Waals surface area contributed by atoms with E-state index in [1.165, 1.54) is 12.1 Å². The summed E-state index contributed by atoms with van der Waals surface area (Å²) in [5.74, 6) is 0.00547. The molecular weight excluding hydrogens is 367 g/mol. The summed E-state index contributed by atoms with van der Waals surface area (Å²) in [5, 5.41) is 11.6. The molecule has 1 amide bonds. The Morgan fingerprint density at radius 3 is 2.64 bits per heavy atom. The fourth-order valence-corrected chi connectivity index (χ4v) is 3.29. The van der Waals surface area contributed by atoms with E-state index < -0.39 is 4.92 Å². The van der Waals surface area contributed by atoms with Gasteiger partial charge in [-0.15, -0.1) is 0 Å². The molecule has 0 unspecified atom stereocenters. The molecule has 1 aliphatic heterocycles. The maximum atomic E-state index is 12.6. The van der Waals surface area contributed by atoms with Crippen molar-refractivity contribution >= 4 is 40.5 Å². The van der Waals surface area contributed by atoms with Crippen LogP contribution in [0.3, 0.4) is 0 Å². The van der Waals surface area contributed by atoms with E-state index in [9.17, 15) is 14.9 Å². The topological polar surface area (TPSA) is 72.7 Å². The Kier molecular flexibility index (Phi) is 5.11. The maximum Gasteiger partial charge on any atom is 0.269 e. The molecule has 1 heterocycles. The Labute approximate surface area is 154 Å². The van der Waals surface area contributed by atoms with Gasteiger partial charge in [-0.1, -0.05) is 29.3 Å². The van der Waals surface area contributed by atoms with E-state index in [1.54, 1.807) is 29.2 Å². The number of halogens is 2. The highest BCUT2D eigenvalue weighted by Crippen LogP contribution is 2.33. The number of anilines is 1. The van der Waals surface area contributed by atoms with Crippen molar-refractivity contribution in [2.45, 2.75) is 12.8 Å². The number of non-ortho nitro benzene ring substituents is 1. The molecule has 6 nitrogen and oxygen atoms in total. The first-order valence-corrected chi connectivity index (χ1v) is 8.37. The molecular formula is C17H14Cl2N2O4. The quantitative estimate of drug-likeness (QED) is 0.586. The van der Waals surface area contributed by atoms with Crippen LogP contribution in [0.25, 0.3) is 0 Å². The summed E-state index contributed by atoms with van der Waals surface area (Å²) in [6.45, 7) is 0.309. The lowest BCUT2D eigenvalue weighted by Crippen LogP contribution is -2.38. The Morgan fingerprint density at radius 2 is 1.96 bits per heavy atom. The lowest BCUT2D eigenvalue weighted by atomic mass is 10.0. The smallest absolute Gasteiger partial charge is 0.269 e. The van der Waals surface area contributed by atoms with Crippen LogP contribution in [0.1, 0.15) is 12.0 Å². The maximum absolute atomic E-state index is 12.6. The number of para-hydroxylation sites is 1. The molecule has 0 radical (unpaired) electrons. The fraction of sp³-hybridized carbons (Fsp3) is 0.235. The lowest BCUT2D eigenvalue weighted by Gasteiger charge is -2.29. The van der Waals surface area contributed by atoms with Gasteiger partial charge < -0.3 is 9.64 Å². The first-order chi connectivity index (χ1) is 12.0. The second kappa shape index (κ2) is 7.29. The molecule has 1 aliphatic rings. The van der Waals surface area contributed by atoms with Crippen LogP contribution < -0.4 is 9.64 Å². The number of nitro benzene ring substituents is 1. The number of amides is 1. The number of hydrogen-bond acceptors (Lipinski definition) is 4. The summed E-state index contributed by atoms with van der Waals surface area (Å²) in [6.07, 6.45) is 1.42. The van der Waals surface area contributed by atoms with Crippen LogP contribution in [-0.2, 0) is 11.2 Å². The molecule has 0 saturated carbocycles. The number of ether oxygens (including phenoxy) is 1. The summed E-state index contributed by atoms with van der Waals surface area (Å²) in [5.41, 5.74) is 1.48. The van der Waals surface area contributed by atoms with Gasteiger partial charge in [0.05, 0.1) is 15.0 Å². The number of fused-ring (bicyclic) bond motifs is 1. The van der Waals surface area contributed by atoms with Crippen LogP contribution in [0.4, 0.5) is 11.4 Å². The molecule has 0 fully saturated rings. The molecule has 2 aromatic carbocycles. The van der Waals surface area contributed by atoms with Gasteiger partial charge in [0.15, 0.2) is 12.4 Å². The summed E-state index contributed by atoms with van der Waals surface area (Å²) >= 11 is 12.1. The Bertz CT molecular complexity index is 821. The molecule has 0 saturated heterocycles. The third kappa shape index (κ3) is 3.70. The average molecular weight is 381 g/mol. The van der Waals surface area contributed by atoms with Crippen LogP contribution in [0.2, 0.25) is 10.0 Å². The first-order valence-electron chi connectivity index (χ1n) is 7.62. The Morgan fingerprint density at radius 1 is 1.24 bits per heavy atom. The minimum atomic E-state index is -0.441. The second-order valence-electron chi connectivity index (χ2n) is 5.56. The van der Waals surface area contributed by atoms with Gasteiger partial charge >= 0.3 is 0 Å². The van der Waals surface area contributed by atoms with Crippen LogP contribution in [0.15, 0.2) is 36.4 Å². The van der Waals surface area contributed by atoms with E-state index in [-0.39, 0.29) is 24.0 Å². The van der Waals surface area contributed by atoms with E-state index in [0.717, 1.165) is 12.0 Å². The SMILES string of the molecule is O=C(COc1c(Cl)cccc1Cl)N1CCCc2cc([N+](=O)[O-])ccc21. The summed E-state index contributed by atoms with van der Waals surface area (Å²) < 4.78 is 5.50. The Balaban J connectivity index is 1.77. The predicted molar refractivity (Wildman–Crippen MR) is 95.7 cm³/mol. The molecule has 3 rings (SSSR count). The van der Waals surface area contributed by atoms with Crippen LogP contribution in [0.5, 0.6) is 5.75 Å². The molecule has 0 aliphatic carbocycles. The summed E-state index contributed by atoms with van der Waals surface area (Å²) in [7, 11) is 0. The monoisotopic (exact) mass is 380 g/mol. The highest BCUT2D eigenvalue weighted by molar-refractivity contribution is 6.37. The van der Waals surface area contributed by atoms with E-state index >= 15 is 0 Å². The molecule has 130 valence electrons. The summed E-state index contributed by atoms with van der Waals surface area (Å²) in [4.78, 5) is 24.6. The predicted octanol–water partition coefficient (Wildman–Crippen LogP) is 4.26. The molecule has 0 atom stereocenters. The second-order valence-corrected chi connectivity index (χ2v) is 6.37. The normalized spacial score (nSPS) is 13.3. The number of carbonyl (C=O) groups excluding carboxylic acids is 1. The van der Waals surface area contributed by atoms with Crippen molar-refractivity contribution in [2.75, 3.05) is 18.1 Å². The molecule has 0 aromatic heterocycles. The number of hydrogen-bond donors (Lipinski definition) is 0. The number of nitro groups is 1. The van der Waals surface area contributed by atoms with Crippen molar-refractivity contribution in [3.8, 4) is 5.75 Å². The van der Waals surface area contributed by atoms with Gasteiger partial charge in [0.1, 0.15) is 0 Å². The van der Waals surface area contributed by atoms with Crippen LogP contribution >= 0.6 is 23.2 Å². The van der Waals surface area contributed by atoms with Gasteiger partial charge in [-0.25, -0.2) is 0 Å². The van der Waals surface area contributed by atoms with E-state index in [0.29, 0.717) is 28.7 Å². The minimum absolute atomic E-state index is 0.0205. The highest BCUT2D eigenvalue weighted by Gasteiger charge is 2.25. The highest BCUT2D eigenvalue weighted by atomic mass is 35.5. The minimum Gasteiger partial charge on any atom is -0.481 e. The van der Waals surface area contributed by atoms with Crippen molar-refractivity contribution in [2.24, 2.45) is 0 Å². The van der Waals surface area contributed by atoms with E-state index in [1.807, 2.05) is 0 Å². The number of aryl methyl sites for hydroxylation is 1. The molecule has 2 aromatic rings. The largest absolute Gasteiger partial charge is 0.481 e. The van der Waals surface area contributed by atoms with Gasteiger partial charge in [-0.2, -0.15) is 0 Å². The molecule has 0 N–H and O–H groups in total. The van der Waals surface area contributed by atoms with Gasteiger partial charge in [0.25, 0.3) is 11.6 Å². The van der Waals surface area contributed by atoms with E-state index in [2.05, 4.69) is 0 Å². The summed E-state index contributed by atoms with van der Waals surface area (Å²) in [6, 6.07) is 9.46. The number of nitrogens with zero attached hydrogens (tertiary/aromatic N) is 2. The number of rotatable bonds is 4. The third-order valence-corrected chi connectivity index (χ3v) is 4.55. The molecule has 0 spiro atoms. The number of carbonyl (C=O) groups is 1. The van der Waals surface area contributed by atoms with Crippen molar-refractivity contribution < 1.29 is 14.5 Å². The van der Waals surface area contributed by atoms with Crippen molar-refractivity contribution in [1.82, 2.24) is 0 Å². The van der Waals surface area contributed by atoms with Crippen LogP contribution in [0, 0.1) is 10.1 Å². The van der Waals surface area contributed by atoms with Crippen molar-refractivity contribution in [3.63, 3.8) is 0 Å². The Hall–Kier alpha value is -2.31.